The molecule has 9 nitrogen and oxygen atoms in total. The van der Waals surface area contributed by atoms with E-state index in [0.29, 0.717) is 18.6 Å². The molecule has 0 aromatic carbocycles. The van der Waals surface area contributed by atoms with E-state index in [1.807, 2.05) is 6.92 Å². The molecule has 0 amide bonds. The number of aliphatic hydroxyl groups excluding tert-OH is 2. The third-order valence-electron chi connectivity index (χ3n) is 2.68. The molecule has 21 heavy (non-hydrogen) atoms. The average Bonchev–Trinajstić information content (AvgIpc) is 2.82. The van der Waals surface area contributed by atoms with Gasteiger partial charge in [-0.3, -0.25) is 9.78 Å². The van der Waals surface area contributed by atoms with Gasteiger partial charge < -0.3 is 25.6 Å². The molecule has 0 aliphatic carbocycles. The molecule has 0 unspecified atom stereocenters. The predicted octanol–water partition coefficient (Wildman–Crippen LogP) is -0.963. The van der Waals surface area contributed by atoms with Crippen molar-refractivity contribution in [3.8, 4) is 0 Å². The summed E-state index contributed by atoms with van der Waals surface area (Å²) in [6.45, 7) is 4.20. The molecule has 2 rings (SSSR count). The van der Waals surface area contributed by atoms with Crippen molar-refractivity contribution in [3.63, 3.8) is 0 Å². The Bertz CT molecular complexity index is 622. The van der Waals surface area contributed by atoms with Gasteiger partial charge in [0.05, 0.1) is 6.33 Å². The van der Waals surface area contributed by atoms with Gasteiger partial charge >= 0.3 is 0 Å². The van der Waals surface area contributed by atoms with Gasteiger partial charge in [0.15, 0.2) is 17.5 Å². The van der Waals surface area contributed by atoms with Crippen molar-refractivity contribution in [3.05, 3.63) is 16.7 Å². The van der Waals surface area contributed by atoms with Gasteiger partial charge in [-0.25, -0.2) is 4.98 Å². The molecule has 2 heterocycles. The maximum atomic E-state index is 11.5. The van der Waals surface area contributed by atoms with Crippen LogP contribution < -0.4 is 11.3 Å². The summed E-state index contributed by atoms with van der Waals surface area (Å²) in [6, 6.07) is 0. The van der Waals surface area contributed by atoms with E-state index in [-0.39, 0.29) is 29.5 Å². The van der Waals surface area contributed by atoms with Crippen LogP contribution in [0.25, 0.3) is 11.2 Å². The van der Waals surface area contributed by atoms with Crippen molar-refractivity contribution >= 4 is 17.1 Å². The normalized spacial score (nSPS) is 12.3. The van der Waals surface area contributed by atoms with Crippen LogP contribution in [-0.4, -0.2) is 47.7 Å². The largest absolute Gasteiger partial charge is 0.396 e. The van der Waals surface area contributed by atoms with E-state index in [1.54, 1.807) is 11.5 Å². The van der Waals surface area contributed by atoms with E-state index >= 15 is 0 Å². The third-order valence-corrected chi connectivity index (χ3v) is 2.68. The van der Waals surface area contributed by atoms with Gasteiger partial charge in [-0.2, -0.15) is 4.98 Å². The fraction of sp³-hybridized carbons (Fsp3) is 0.583. The quantitative estimate of drug-likeness (QED) is 0.456. The summed E-state index contributed by atoms with van der Waals surface area (Å²) in [7, 11) is 0. The minimum atomic E-state index is -1.12. The van der Waals surface area contributed by atoms with E-state index in [0.717, 1.165) is 0 Å². The number of imidazole rings is 1. The predicted molar refractivity (Wildman–Crippen MR) is 77.3 cm³/mol. The number of nitrogens with zero attached hydrogens (tertiary/aromatic N) is 3. The minimum Gasteiger partial charge on any atom is -0.396 e. The van der Waals surface area contributed by atoms with E-state index < -0.39 is 6.29 Å². The molecule has 0 saturated heterocycles. The number of fused-ring (bicyclic) bond motifs is 1. The van der Waals surface area contributed by atoms with Crippen LogP contribution in [0.4, 0.5) is 5.95 Å². The Morgan fingerprint density at radius 3 is 2.62 bits per heavy atom. The molecule has 2 aromatic rings. The SMILES string of the molecule is CCC(O)O.C[C@@H](CO)Cn1cnc2c(=O)[nH]c(N)nc21. The van der Waals surface area contributed by atoms with Crippen LogP contribution >= 0.6 is 0 Å². The van der Waals surface area contributed by atoms with Crippen molar-refractivity contribution in [1.29, 1.82) is 0 Å². The van der Waals surface area contributed by atoms with Crippen LogP contribution in [0.15, 0.2) is 11.1 Å². The second-order valence-corrected chi connectivity index (χ2v) is 4.70. The first-order valence-electron chi connectivity index (χ1n) is 6.56. The second kappa shape index (κ2) is 7.72. The smallest absolute Gasteiger partial charge is 0.280 e. The minimum absolute atomic E-state index is 0.0656. The summed E-state index contributed by atoms with van der Waals surface area (Å²) in [5.41, 5.74) is 5.82. The number of aromatic nitrogens is 4. The number of hydrogen-bond acceptors (Lipinski definition) is 7. The number of aromatic amines is 1. The van der Waals surface area contributed by atoms with Gasteiger partial charge in [0.1, 0.15) is 0 Å². The summed E-state index contributed by atoms with van der Waals surface area (Å²) in [4.78, 5) is 21.8. The Hall–Kier alpha value is -1.97. The first-order valence-corrected chi connectivity index (χ1v) is 6.56. The number of aliphatic hydroxyl groups is 3. The van der Waals surface area contributed by atoms with Crippen LogP contribution in [0.2, 0.25) is 0 Å². The van der Waals surface area contributed by atoms with Gasteiger partial charge in [0, 0.05) is 13.2 Å². The number of nitrogens with one attached hydrogen (secondary N) is 1. The molecule has 0 saturated carbocycles. The highest BCUT2D eigenvalue weighted by Gasteiger charge is 2.10. The lowest BCUT2D eigenvalue weighted by molar-refractivity contribution is -0.0413. The summed E-state index contributed by atoms with van der Waals surface area (Å²) in [6.07, 6.45) is 0.827. The molecular formula is C12H21N5O4. The van der Waals surface area contributed by atoms with Gasteiger partial charge in [0.25, 0.3) is 5.56 Å². The van der Waals surface area contributed by atoms with Crippen molar-refractivity contribution in [2.75, 3.05) is 12.3 Å². The summed E-state index contributed by atoms with van der Waals surface area (Å²) in [5, 5.41) is 24.8. The fourth-order valence-corrected chi connectivity index (χ4v) is 1.50. The maximum Gasteiger partial charge on any atom is 0.280 e. The van der Waals surface area contributed by atoms with Crippen LogP contribution in [0.3, 0.4) is 0 Å². The molecular weight excluding hydrogens is 278 g/mol. The average molecular weight is 299 g/mol. The molecule has 0 aliphatic rings. The zero-order chi connectivity index (χ0) is 16.0. The molecule has 118 valence electrons. The van der Waals surface area contributed by atoms with Crippen LogP contribution in [0, 0.1) is 5.92 Å². The number of rotatable bonds is 4. The Labute approximate surface area is 121 Å². The molecule has 0 bridgehead atoms. The molecule has 9 heteroatoms. The summed E-state index contributed by atoms with van der Waals surface area (Å²) >= 11 is 0. The summed E-state index contributed by atoms with van der Waals surface area (Å²) < 4.78 is 1.71. The highest BCUT2D eigenvalue weighted by molar-refractivity contribution is 5.70. The molecule has 0 spiro atoms. The summed E-state index contributed by atoms with van der Waals surface area (Å²) in [5.74, 6) is 0.135. The zero-order valence-electron chi connectivity index (χ0n) is 12.0. The maximum absolute atomic E-state index is 11.5. The first kappa shape index (κ1) is 17.1. The number of nitrogens with two attached hydrogens (primary N) is 1. The van der Waals surface area contributed by atoms with Gasteiger partial charge in [-0.05, 0) is 12.3 Å². The van der Waals surface area contributed by atoms with Gasteiger partial charge in [0.2, 0.25) is 5.95 Å². The molecule has 2 aromatic heterocycles. The Morgan fingerprint density at radius 1 is 1.48 bits per heavy atom. The molecule has 1 atom stereocenters. The number of nitrogen functional groups attached to an aromatic ring is 1. The van der Waals surface area contributed by atoms with E-state index in [2.05, 4.69) is 15.0 Å². The lowest BCUT2D eigenvalue weighted by Gasteiger charge is -2.08. The van der Waals surface area contributed by atoms with E-state index in [1.165, 1.54) is 6.33 Å². The van der Waals surface area contributed by atoms with Crippen LogP contribution in [0.5, 0.6) is 0 Å². The van der Waals surface area contributed by atoms with E-state index in [9.17, 15) is 4.79 Å². The third kappa shape index (κ3) is 4.81. The lowest BCUT2D eigenvalue weighted by Crippen LogP contribution is -2.14. The second-order valence-electron chi connectivity index (χ2n) is 4.70. The first-order chi connectivity index (χ1) is 9.88. The van der Waals surface area contributed by atoms with Crippen LogP contribution in [-0.2, 0) is 6.54 Å². The number of hydrogen-bond donors (Lipinski definition) is 5. The Balaban J connectivity index is 0.000000383. The van der Waals surface area contributed by atoms with Crippen molar-refractivity contribution < 1.29 is 15.3 Å². The van der Waals surface area contributed by atoms with E-state index in [4.69, 9.17) is 21.1 Å². The van der Waals surface area contributed by atoms with Gasteiger partial charge in [-0.1, -0.05) is 13.8 Å². The molecule has 0 fully saturated rings. The molecule has 0 radical (unpaired) electrons. The van der Waals surface area contributed by atoms with Gasteiger partial charge in [-0.15, -0.1) is 0 Å². The lowest BCUT2D eigenvalue weighted by atomic mass is 10.2. The monoisotopic (exact) mass is 299 g/mol. The topological polar surface area (TPSA) is 150 Å². The Morgan fingerprint density at radius 2 is 2.10 bits per heavy atom. The van der Waals surface area contributed by atoms with Crippen molar-refractivity contribution in [2.24, 2.45) is 5.92 Å². The Kier molecular flexibility index (Phi) is 6.28. The molecule has 6 N–H and O–H groups in total. The highest BCUT2D eigenvalue weighted by Crippen LogP contribution is 2.09. The zero-order valence-corrected chi connectivity index (χ0v) is 12.0. The standard InChI is InChI=1S/C9H13N5O2.C3H8O2/c1-5(3-15)2-14-4-11-6-7(14)12-9(10)13-8(6)16;1-2-3(4)5/h4-5,15H,2-3H2,1H3,(H3,10,12,13,16);3-5H,2H2,1H3/t5-;/m1./s1. The van der Waals surface area contributed by atoms with Crippen LogP contribution in [0.1, 0.15) is 20.3 Å². The number of H-pyrrole nitrogens is 1. The van der Waals surface area contributed by atoms with Crippen molar-refractivity contribution in [1.82, 2.24) is 19.5 Å². The van der Waals surface area contributed by atoms with Crippen molar-refractivity contribution in [2.45, 2.75) is 33.1 Å². The fourth-order valence-electron chi connectivity index (χ4n) is 1.50. The number of anilines is 1. The molecule has 0 aliphatic heterocycles. The highest BCUT2D eigenvalue weighted by atomic mass is 16.5.